The van der Waals surface area contributed by atoms with E-state index in [-0.39, 0.29) is 17.4 Å². The van der Waals surface area contributed by atoms with E-state index in [1.54, 1.807) is 29.2 Å². The first-order chi connectivity index (χ1) is 12.6. The van der Waals surface area contributed by atoms with Crippen LogP contribution in [-0.2, 0) is 9.53 Å². The second-order valence-electron chi connectivity index (χ2n) is 7.70. The molecule has 1 atom stereocenters. The van der Waals surface area contributed by atoms with Crippen LogP contribution < -0.4 is 0 Å². The molecule has 0 radical (unpaired) electrons. The molecule has 2 amide bonds. The molecule has 3 aliphatic heterocycles. The minimum Gasteiger partial charge on any atom is -0.371 e. The van der Waals surface area contributed by atoms with Gasteiger partial charge in [-0.1, -0.05) is 6.07 Å². The van der Waals surface area contributed by atoms with E-state index < -0.39 is 0 Å². The number of hydrogen-bond donors (Lipinski definition) is 0. The molecular formula is C20H23N3O3. The summed E-state index contributed by atoms with van der Waals surface area (Å²) >= 11 is 0. The topological polar surface area (TPSA) is 73.6 Å². The number of rotatable bonds is 3. The molecule has 0 bridgehead atoms. The summed E-state index contributed by atoms with van der Waals surface area (Å²) in [5.41, 5.74) is 0.841. The number of hydrogen-bond acceptors (Lipinski definition) is 4. The predicted molar refractivity (Wildman–Crippen MR) is 94.3 cm³/mol. The van der Waals surface area contributed by atoms with E-state index in [1.807, 2.05) is 4.90 Å². The molecule has 1 aromatic rings. The fourth-order valence-corrected chi connectivity index (χ4v) is 4.22. The Morgan fingerprint density at radius 2 is 2.23 bits per heavy atom. The summed E-state index contributed by atoms with van der Waals surface area (Å²) in [5, 5.41) is 8.98. The second kappa shape index (κ2) is 6.73. The number of likely N-dealkylation sites (tertiary alicyclic amines) is 2. The Morgan fingerprint density at radius 3 is 2.88 bits per heavy atom. The summed E-state index contributed by atoms with van der Waals surface area (Å²) in [6.45, 7) is 3.56. The van der Waals surface area contributed by atoms with E-state index in [0.29, 0.717) is 43.2 Å². The monoisotopic (exact) mass is 353 g/mol. The first-order valence-electron chi connectivity index (χ1n) is 9.30. The number of amides is 2. The van der Waals surface area contributed by atoms with Gasteiger partial charge in [-0.2, -0.15) is 5.26 Å². The highest BCUT2D eigenvalue weighted by Gasteiger charge is 2.48. The fourth-order valence-electron chi connectivity index (χ4n) is 4.22. The molecule has 0 aromatic heterocycles. The van der Waals surface area contributed by atoms with E-state index in [1.165, 1.54) is 0 Å². The molecule has 0 aliphatic carbocycles. The molecule has 3 fully saturated rings. The standard InChI is InChI=1S/C20H23N3O3/c21-10-15-3-1-4-17(9-15)19(25)23-13-20(14-23)7-6-16(12-26-20)11-22-8-2-5-18(22)24/h1,3-4,9,16H,2,5-8,11-14H2/t16-/m1/s1. The third-order valence-corrected chi connectivity index (χ3v) is 5.77. The molecule has 0 saturated carbocycles. The van der Waals surface area contributed by atoms with Crippen molar-refractivity contribution in [3.63, 3.8) is 0 Å². The van der Waals surface area contributed by atoms with Crippen LogP contribution in [-0.4, -0.2) is 60.0 Å². The average molecular weight is 353 g/mol. The van der Waals surface area contributed by atoms with Gasteiger partial charge in [0.1, 0.15) is 5.60 Å². The largest absolute Gasteiger partial charge is 0.371 e. The zero-order valence-electron chi connectivity index (χ0n) is 14.8. The van der Waals surface area contributed by atoms with Gasteiger partial charge in [0.05, 0.1) is 31.3 Å². The number of nitriles is 1. The highest BCUT2D eigenvalue weighted by atomic mass is 16.5. The van der Waals surface area contributed by atoms with Crippen LogP contribution in [0.25, 0.3) is 0 Å². The maximum absolute atomic E-state index is 12.6. The summed E-state index contributed by atoms with van der Waals surface area (Å²) in [6.07, 6.45) is 3.62. The van der Waals surface area contributed by atoms with Gasteiger partial charge in [-0.25, -0.2) is 0 Å². The van der Waals surface area contributed by atoms with Gasteiger partial charge in [0.15, 0.2) is 0 Å². The molecule has 3 aliphatic rings. The average Bonchev–Trinajstić information content (AvgIpc) is 3.05. The molecule has 136 valence electrons. The van der Waals surface area contributed by atoms with Crippen LogP contribution in [0.15, 0.2) is 24.3 Å². The van der Waals surface area contributed by atoms with E-state index in [0.717, 1.165) is 32.4 Å². The summed E-state index contributed by atoms with van der Waals surface area (Å²) in [7, 11) is 0. The van der Waals surface area contributed by atoms with Crippen LogP contribution in [0.2, 0.25) is 0 Å². The van der Waals surface area contributed by atoms with Crippen molar-refractivity contribution in [3.05, 3.63) is 35.4 Å². The summed E-state index contributed by atoms with van der Waals surface area (Å²) in [4.78, 5) is 28.1. The van der Waals surface area contributed by atoms with Gasteiger partial charge in [0.2, 0.25) is 5.91 Å². The SMILES string of the molecule is N#Cc1cccc(C(=O)N2CC3(CC[C@H](CN4CCCC4=O)CO3)C2)c1. The Balaban J connectivity index is 1.29. The smallest absolute Gasteiger partial charge is 0.254 e. The quantitative estimate of drug-likeness (QED) is 0.831. The molecule has 3 heterocycles. The molecule has 6 nitrogen and oxygen atoms in total. The first-order valence-corrected chi connectivity index (χ1v) is 9.30. The van der Waals surface area contributed by atoms with E-state index >= 15 is 0 Å². The van der Waals surface area contributed by atoms with E-state index in [2.05, 4.69) is 6.07 Å². The normalized spacial score (nSPS) is 24.4. The second-order valence-corrected chi connectivity index (χ2v) is 7.70. The Labute approximate surface area is 153 Å². The van der Waals surface area contributed by atoms with Gasteiger partial charge in [-0.15, -0.1) is 0 Å². The van der Waals surface area contributed by atoms with Gasteiger partial charge in [-0.3, -0.25) is 9.59 Å². The summed E-state index contributed by atoms with van der Waals surface area (Å²) < 4.78 is 6.14. The van der Waals surface area contributed by atoms with Gasteiger partial charge >= 0.3 is 0 Å². The van der Waals surface area contributed by atoms with Crippen LogP contribution in [0.1, 0.15) is 41.6 Å². The van der Waals surface area contributed by atoms with Gasteiger partial charge in [0.25, 0.3) is 5.91 Å². The molecule has 3 saturated heterocycles. The lowest BCUT2D eigenvalue weighted by molar-refractivity contribution is -0.169. The van der Waals surface area contributed by atoms with Crippen LogP contribution >= 0.6 is 0 Å². The number of benzene rings is 1. The minimum atomic E-state index is -0.214. The summed E-state index contributed by atoms with van der Waals surface area (Å²) in [5.74, 6) is 0.631. The lowest BCUT2D eigenvalue weighted by Crippen LogP contribution is -2.66. The fraction of sp³-hybridized carbons (Fsp3) is 0.550. The van der Waals surface area contributed by atoms with Gasteiger partial charge in [-0.05, 0) is 37.5 Å². The lowest BCUT2D eigenvalue weighted by atomic mass is 9.82. The molecule has 6 heteroatoms. The molecule has 0 N–H and O–H groups in total. The Kier molecular flexibility index (Phi) is 4.41. The first kappa shape index (κ1) is 17.0. The van der Waals surface area contributed by atoms with Crippen molar-refractivity contribution in [1.82, 2.24) is 9.80 Å². The molecule has 1 spiro atoms. The number of carbonyl (C=O) groups is 2. The molecule has 0 unspecified atom stereocenters. The van der Waals surface area contributed by atoms with Gasteiger partial charge in [0, 0.05) is 31.0 Å². The molecule has 26 heavy (non-hydrogen) atoms. The zero-order chi connectivity index (χ0) is 18.1. The third kappa shape index (κ3) is 3.19. The zero-order valence-corrected chi connectivity index (χ0v) is 14.8. The predicted octanol–water partition coefficient (Wildman–Crippen LogP) is 1.80. The Morgan fingerprint density at radius 1 is 1.38 bits per heavy atom. The summed E-state index contributed by atoms with van der Waals surface area (Å²) in [6, 6.07) is 8.89. The highest BCUT2D eigenvalue weighted by Crippen LogP contribution is 2.37. The molecule has 1 aromatic carbocycles. The minimum absolute atomic E-state index is 0.0406. The van der Waals surface area contributed by atoms with Crippen LogP contribution in [0.3, 0.4) is 0 Å². The lowest BCUT2D eigenvalue weighted by Gasteiger charge is -2.53. The number of carbonyl (C=O) groups excluding carboxylic acids is 2. The van der Waals surface area contributed by atoms with Crippen molar-refractivity contribution in [3.8, 4) is 6.07 Å². The Hall–Kier alpha value is -2.39. The van der Waals surface area contributed by atoms with Gasteiger partial charge < -0.3 is 14.5 Å². The van der Waals surface area contributed by atoms with Crippen LogP contribution in [0, 0.1) is 17.2 Å². The van der Waals surface area contributed by atoms with Crippen molar-refractivity contribution in [2.45, 2.75) is 31.3 Å². The highest BCUT2D eigenvalue weighted by molar-refractivity contribution is 5.95. The van der Waals surface area contributed by atoms with Crippen LogP contribution in [0.4, 0.5) is 0 Å². The van der Waals surface area contributed by atoms with E-state index in [9.17, 15) is 9.59 Å². The maximum Gasteiger partial charge on any atom is 0.254 e. The third-order valence-electron chi connectivity index (χ3n) is 5.77. The number of ether oxygens (including phenoxy) is 1. The van der Waals surface area contributed by atoms with Crippen LogP contribution in [0.5, 0.6) is 0 Å². The molecular weight excluding hydrogens is 330 g/mol. The Bertz CT molecular complexity index is 754. The van der Waals surface area contributed by atoms with Crippen molar-refractivity contribution < 1.29 is 14.3 Å². The van der Waals surface area contributed by atoms with Crippen molar-refractivity contribution in [2.75, 3.05) is 32.8 Å². The van der Waals surface area contributed by atoms with Crippen molar-refractivity contribution in [1.29, 1.82) is 5.26 Å². The van der Waals surface area contributed by atoms with Crippen molar-refractivity contribution >= 4 is 11.8 Å². The maximum atomic E-state index is 12.6. The van der Waals surface area contributed by atoms with E-state index in [4.69, 9.17) is 10.00 Å². The number of nitrogens with zero attached hydrogens (tertiary/aromatic N) is 3. The molecule has 4 rings (SSSR count). The van der Waals surface area contributed by atoms with Crippen molar-refractivity contribution in [2.24, 2.45) is 5.92 Å².